The van der Waals surface area contributed by atoms with Gasteiger partial charge < -0.3 is 19.9 Å². The van der Waals surface area contributed by atoms with Gasteiger partial charge in [0.15, 0.2) is 0 Å². The van der Waals surface area contributed by atoms with E-state index in [4.69, 9.17) is 4.74 Å². The molecule has 2 amide bonds. The van der Waals surface area contributed by atoms with Crippen molar-refractivity contribution in [2.24, 2.45) is 0 Å². The number of nitrogens with zero attached hydrogens (tertiary/aromatic N) is 1. The first kappa shape index (κ1) is 17.4. The summed E-state index contributed by atoms with van der Waals surface area (Å²) < 4.78 is 5.47. The van der Waals surface area contributed by atoms with Crippen LogP contribution < -0.4 is 5.32 Å². The maximum Gasteiger partial charge on any atom is 0.410 e. The van der Waals surface area contributed by atoms with Crippen molar-refractivity contribution in [1.29, 1.82) is 0 Å². The number of aromatic amines is 1. The van der Waals surface area contributed by atoms with Crippen molar-refractivity contribution in [2.75, 3.05) is 6.54 Å². The maximum atomic E-state index is 12.4. The summed E-state index contributed by atoms with van der Waals surface area (Å²) in [6, 6.07) is -0.114. The van der Waals surface area contributed by atoms with Gasteiger partial charge in [0, 0.05) is 18.9 Å². The Morgan fingerprint density at radius 3 is 2.52 bits per heavy atom. The molecule has 2 rings (SSSR count). The van der Waals surface area contributed by atoms with Gasteiger partial charge in [-0.25, -0.2) is 4.79 Å². The van der Waals surface area contributed by atoms with E-state index in [9.17, 15) is 9.59 Å². The van der Waals surface area contributed by atoms with Crippen molar-refractivity contribution in [3.8, 4) is 0 Å². The first-order valence-corrected chi connectivity index (χ1v) is 7.97. The second-order valence-corrected chi connectivity index (χ2v) is 7.65. The van der Waals surface area contributed by atoms with Crippen LogP contribution in [0.4, 0.5) is 4.79 Å². The third kappa shape index (κ3) is 3.68. The lowest BCUT2D eigenvalue weighted by molar-refractivity contribution is 0.0108. The summed E-state index contributed by atoms with van der Waals surface area (Å²) in [7, 11) is 0. The molecule has 1 aliphatic heterocycles. The predicted octanol–water partition coefficient (Wildman–Crippen LogP) is 2.84. The third-order valence-corrected chi connectivity index (χ3v) is 4.31. The van der Waals surface area contributed by atoms with Crippen LogP contribution in [0.2, 0.25) is 0 Å². The molecule has 1 unspecified atom stereocenters. The second kappa shape index (κ2) is 5.91. The summed E-state index contributed by atoms with van der Waals surface area (Å²) >= 11 is 0. The summed E-state index contributed by atoms with van der Waals surface area (Å²) in [5.74, 6) is -0.118. The molecule has 2 N–H and O–H groups in total. The van der Waals surface area contributed by atoms with E-state index >= 15 is 0 Å². The standard InChI is InChI=1S/C17H27N3O3/c1-11-9-18-10-12(11)14(21)19-13-7-8-20(17(13,5)6)15(22)23-16(2,3)4/h9-10,13,18H,7-8H2,1-6H3,(H,19,21). The number of H-pyrrole nitrogens is 1. The number of rotatable bonds is 2. The van der Waals surface area contributed by atoms with Crippen molar-refractivity contribution >= 4 is 12.0 Å². The Bertz CT molecular complexity index is 598. The summed E-state index contributed by atoms with van der Waals surface area (Å²) in [4.78, 5) is 29.4. The number of aromatic nitrogens is 1. The fourth-order valence-electron chi connectivity index (χ4n) is 2.90. The van der Waals surface area contributed by atoms with Gasteiger partial charge in [-0.1, -0.05) is 0 Å². The number of hydrogen-bond acceptors (Lipinski definition) is 3. The monoisotopic (exact) mass is 321 g/mol. The zero-order valence-corrected chi connectivity index (χ0v) is 14.8. The summed E-state index contributed by atoms with van der Waals surface area (Å²) in [5, 5.41) is 3.05. The minimum Gasteiger partial charge on any atom is -0.444 e. The number of amides is 2. The number of nitrogens with one attached hydrogen (secondary N) is 2. The molecule has 1 atom stereocenters. The average Bonchev–Trinajstić information content (AvgIpc) is 2.92. The summed E-state index contributed by atoms with van der Waals surface area (Å²) in [6.07, 6.45) is 3.86. The number of ether oxygens (including phenoxy) is 1. The van der Waals surface area contributed by atoms with Crippen molar-refractivity contribution < 1.29 is 14.3 Å². The molecule has 0 spiro atoms. The van der Waals surface area contributed by atoms with Crippen LogP contribution in [-0.4, -0.2) is 45.6 Å². The summed E-state index contributed by atoms with van der Waals surface area (Å²) in [5.41, 5.74) is 0.512. The molecular weight excluding hydrogens is 294 g/mol. The van der Waals surface area contributed by atoms with Gasteiger partial charge in [0.25, 0.3) is 5.91 Å². The lowest BCUT2D eigenvalue weighted by atomic mass is 9.95. The van der Waals surface area contributed by atoms with Crippen LogP contribution in [0.25, 0.3) is 0 Å². The highest BCUT2D eigenvalue weighted by Crippen LogP contribution is 2.31. The Morgan fingerprint density at radius 2 is 2.00 bits per heavy atom. The minimum atomic E-state index is -0.531. The number of hydrogen-bond donors (Lipinski definition) is 2. The van der Waals surface area contributed by atoms with Crippen LogP contribution in [-0.2, 0) is 4.74 Å². The number of carbonyl (C=O) groups excluding carboxylic acids is 2. The lowest BCUT2D eigenvalue weighted by Crippen LogP contribution is -2.54. The molecule has 0 aliphatic carbocycles. The van der Waals surface area contributed by atoms with E-state index in [2.05, 4.69) is 10.3 Å². The van der Waals surface area contributed by atoms with Crippen molar-refractivity contribution in [1.82, 2.24) is 15.2 Å². The fourth-order valence-corrected chi connectivity index (χ4v) is 2.90. The van der Waals surface area contributed by atoms with E-state index in [-0.39, 0.29) is 18.0 Å². The van der Waals surface area contributed by atoms with Gasteiger partial charge in [0.2, 0.25) is 0 Å². The van der Waals surface area contributed by atoms with Crippen LogP contribution in [0.3, 0.4) is 0 Å². The second-order valence-electron chi connectivity index (χ2n) is 7.65. The Morgan fingerprint density at radius 1 is 1.35 bits per heavy atom. The molecule has 0 bridgehead atoms. The predicted molar refractivity (Wildman–Crippen MR) is 88.4 cm³/mol. The molecule has 1 aromatic rings. The van der Waals surface area contributed by atoms with Crippen molar-refractivity contribution in [3.05, 3.63) is 23.5 Å². The molecule has 0 aromatic carbocycles. The van der Waals surface area contributed by atoms with E-state index < -0.39 is 11.1 Å². The van der Waals surface area contributed by atoms with Gasteiger partial charge in [0.05, 0.1) is 17.1 Å². The molecule has 0 radical (unpaired) electrons. The van der Waals surface area contributed by atoms with Crippen LogP contribution in [0.5, 0.6) is 0 Å². The number of aryl methyl sites for hydroxylation is 1. The topological polar surface area (TPSA) is 74.4 Å². The van der Waals surface area contributed by atoms with Crippen molar-refractivity contribution in [3.63, 3.8) is 0 Å². The molecule has 1 aromatic heterocycles. The van der Waals surface area contributed by atoms with Crippen LogP contribution in [0, 0.1) is 6.92 Å². The van der Waals surface area contributed by atoms with Crippen LogP contribution >= 0.6 is 0 Å². The van der Waals surface area contributed by atoms with Gasteiger partial charge in [0.1, 0.15) is 5.60 Å². The molecule has 2 heterocycles. The van der Waals surface area contributed by atoms with E-state index in [0.29, 0.717) is 18.5 Å². The average molecular weight is 321 g/mol. The van der Waals surface area contributed by atoms with Gasteiger partial charge in [-0.2, -0.15) is 0 Å². The molecule has 6 nitrogen and oxygen atoms in total. The largest absolute Gasteiger partial charge is 0.444 e. The van der Waals surface area contributed by atoms with Gasteiger partial charge in [-0.05, 0) is 53.5 Å². The Labute approximate surface area is 137 Å². The minimum absolute atomic E-state index is 0.114. The Balaban J connectivity index is 2.07. The SMILES string of the molecule is Cc1c[nH]cc1C(=O)NC1CCN(C(=O)OC(C)(C)C)C1(C)C. The molecule has 23 heavy (non-hydrogen) atoms. The Hall–Kier alpha value is -1.98. The van der Waals surface area contributed by atoms with Crippen molar-refractivity contribution in [2.45, 2.75) is 65.1 Å². The normalized spacial score (nSPS) is 20.4. The fraction of sp³-hybridized carbons (Fsp3) is 0.647. The van der Waals surface area contributed by atoms with E-state index in [1.807, 2.05) is 41.5 Å². The van der Waals surface area contributed by atoms with E-state index in [1.165, 1.54) is 0 Å². The van der Waals surface area contributed by atoms with Gasteiger partial charge in [-0.3, -0.25) is 4.79 Å². The lowest BCUT2D eigenvalue weighted by Gasteiger charge is -2.37. The highest BCUT2D eigenvalue weighted by atomic mass is 16.6. The Kier molecular flexibility index (Phi) is 4.46. The molecule has 128 valence electrons. The number of carbonyl (C=O) groups is 2. The zero-order valence-electron chi connectivity index (χ0n) is 14.8. The van der Waals surface area contributed by atoms with Gasteiger partial charge in [-0.15, -0.1) is 0 Å². The smallest absolute Gasteiger partial charge is 0.410 e. The molecular formula is C17H27N3O3. The highest BCUT2D eigenvalue weighted by Gasteiger charge is 2.46. The summed E-state index contributed by atoms with van der Waals surface area (Å²) in [6.45, 7) is 11.9. The van der Waals surface area contributed by atoms with Crippen LogP contribution in [0.15, 0.2) is 12.4 Å². The van der Waals surface area contributed by atoms with Crippen LogP contribution in [0.1, 0.15) is 57.0 Å². The highest BCUT2D eigenvalue weighted by molar-refractivity contribution is 5.95. The quantitative estimate of drug-likeness (QED) is 0.879. The first-order chi connectivity index (χ1) is 10.5. The zero-order chi connectivity index (χ0) is 17.4. The van der Waals surface area contributed by atoms with E-state index in [0.717, 1.165) is 5.56 Å². The third-order valence-electron chi connectivity index (χ3n) is 4.31. The number of likely N-dealkylation sites (tertiary alicyclic amines) is 1. The van der Waals surface area contributed by atoms with E-state index in [1.54, 1.807) is 17.3 Å². The molecule has 1 aliphatic rings. The maximum absolute atomic E-state index is 12.4. The molecule has 0 saturated carbocycles. The molecule has 1 saturated heterocycles. The van der Waals surface area contributed by atoms with Gasteiger partial charge >= 0.3 is 6.09 Å². The molecule has 1 fully saturated rings. The first-order valence-electron chi connectivity index (χ1n) is 7.97. The molecule has 6 heteroatoms.